The number of nitrogens with one attached hydrogen (secondary N) is 1. The molecule has 0 aliphatic heterocycles. The summed E-state index contributed by atoms with van der Waals surface area (Å²) in [6.07, 6.45) is -4.62. The van der Waals surface area contributed by atoms with E-state index >= 15 is 0 Å². The number of anilines is 2. The molecule has 17 heavy (non-hydrogen) atoms. The van der Waals surface area contributed by atoms with Gasteiger partial charge in [0, 0.05) is 6.54 Å². The van der Waals surface area contributed by atoms with Crippen LogP contribution in [0.15, 0.2) is 0 Å². The first-order chi connectivity index (χ1) is 7.91. The van der Waals surface area contributed by atoms with E-state index in [1.165, 1.54) is 0 Å². The highest BCUT2D eigenvalue weighted by atomic mass is 32.1. The molecule has 8 heteroatoms. The number of halogens is 2. The maximum Gasteiger partial charge on any atom is 0.265 e. The lowest BCUT2D eigenvalue weighted by Crippen LogP contribution is -2.26. The van der Waals surface area contributed by atoms with Crippen molar-refractivity contribution in [3.63, 3.8) is 0 Å². The van der Waals surface area contributed by atoms with Gasteiger partial charge >= 0.3 is 0 Å². The van der Waals surface area contributed by atoms with Crippen LogP contribution in [-0.4, -0.2) is 34.7 Å². The third kappa shape index (κ3) is 3.97. The number of hydrogen-bond acceptors (Lipinski definition) is 6. The molecule has 1 rings (SSSR count). The Bertz CT molecular complexity index is 360. The van der Waals surface area contributed by atoms with Gasteiger partial charge in [-0.3, -0.25) is 0 Å². The van der Waals surface area contributed by atoms with Gasteiger partial charge in [0.15, 0.2) is 16.6 Å². The van der Waals surface area contributed by atoms with Gasteiger partial charge in [0.2, 0.25) is 0 Å². The molecule has 98 valence electrons. The van der Waals surface area contributed by atoms with Gasteiger partial charge in [-0.2, -0.15) is 4.37 Å². The van der Waals surface area contributed by atoms with Crippen molar-refractivity contribution < 1.29 is 18.6 Å². The van der Waals surface area contributed by atoms with Gasteiger partial charge in [-0.05, 0) is 25.4 Å². The molecule has 1 atom stereocenters. The number of nitrogens with zero attached hydrogens (tertiary/aromatic N) is 1. The fraction of sp³-hybridized carbons (Fsp3) is 0.667. The van der Waals surface area contributed by atoms with E-state index in [2.05, 4.69) is 9.69 Å². The summed E-state index contributed by atoms with van der Waals surface area (Å²) >= 11 is 1.00. The zero-order valence-corrected chi connectivity index (χ0v) is 10.3. The van der Waals surface area contributed by atoms with E-state index in [1.807, 2.05) is 13.8 Å². The summed E-state index contributed by atoms with van der Waals surface area (Å²) in [5, 5.41) is 12.0. The fourth-order valence-corrected chi connectivity index (χ4v) is 1.70. The average molecular weight is 267 g/mol. The Labute approximate surface area is 102 Å². The topological polar surface area (TPSA) is 80.4 Å². The van der Waals surface area contributed by atoms with E-state index in [0.29, 0.717) is 10.8 Å². The molecule has 4 N–H and O–H groups in total. The van der Waals surface area contributed by atoms with Crippen LogP contribution in [0.25, 0.3) is 0 Å². The van der Waals surface area contributed by atoms with E-state index in [0.717, 1.165) is 11.5 Å². The van der Waals surface area contributed by atoms with Crippen molar-refractivity contribution >= 4 is 22.4 Å². The lowest BCUT2D eigenvalue weighted by Gasteiger charge is -2.13. The van der Waals surface area contributed by atoms with Gasteiger partial charge < -0.3 is 20.9 Å². The highest BCUT2D eigenvalue weighted by molar-refractivity contribution is 7.11. The number of ether oxygens (including phenoxy) is 1. The monoisotopic (exact) mass is 267 g/mol. The van der Waals surface area contributed by atoms with Crippen LogP contribution in [-0.2, 0) is 0 Å². The largest absolute Gasteiger partial charge is 0.484 e. The van der Waals surface area contributed by atoms with Gasteiger partial charge in [0.25, 0.3) is 6.43 Å². The van der Waals surface area contributed by atoms with Crippen LogP contribution < -0.4 is 15.8 Å². The number of nitrogens with two attached hydrogens (primary N) is 1. The van der Waals surface area contributed by atoms with Crippen LogP contribution in [0.2, 0.25) is 0 Å². The lowest BCUT2D eigenvalue weighted by atomic mass is 10.3. The molecule has 0 saturated carbocycles. The fourth-order valence-electron chi connectivity index (χ4n) is 1.04. The third-order valence-corrected chi connectivity index (χ3v) is 2.59. The summed E-state index contributed by atoms with van der Waals surface area (Å²) in [4.78, 5) is 0. The second-order valence-electron chi connectivity index (χ2n) is 3.68. The second kappa shape index (κ2) is 5.97. The highest BCUT2D eigenvalue weighted by Crippen LogP contribution is 2.35. The third-order valence-electron chi connectivity index (χ3n) is 1.79. The Kier molecular flexibility index (Phi) is 4.88. The normalized spacial score (nSPS) is 13.1. The molecule has 0 amide bonds. The van der Waals surface area contributed by atoms with Gasteiger partial charge in [-0.25, -0.2) is 8.78 Å². The first kappa shape index (κ1) is 13.9. The van der Waals surface area contributed by atoms with Crippen LogP contribution in [0.4, 0.5) is 19.6 Å². The smallest absolute Gasteiger partial charge is 0.265 e. The van der Waals surface area contributed by atoms with Gasteiger partial charge in [0.1, 0.15) is 6.10 Å². The highest BCUT2D eigenvalue weighted by Gasteiger charge is 2.19. The van der Waals surface area contributed by atoms with Crippen molar-refractivity contribution in [2.24, 2.45) is 0 Å². The Morgan fingerprint density at radius 1 is 1.53 bits per heavy atom. The molecule has 0 aliphatic carbocycles. The molecule has 0 aromatic carbocycles. The van der Waals surface area contributed by atoms with Gasteiger partial charge in [-0.1, -0.05) is 0 Å². The van der Waals surface area contributed by atoms with E-state index in [4.69, 9.17) is 15.6 Å². The van der Waals surface area contributed by atoms with Crippen molar-refractivity contribution in [3.8, 4) is 5.75 Å². The maximum atomic E-state index is 12.1. The summed E-state index contributed by atoms with van der Waals surface area (Å²) in [7, 11) is 0. The summed E-state index contributed by atoms with van der Waals surface area (Å²) in [6, 6.07) is 0. The summed E-state index contributed by atoms with van der Waals surface area (Å²) < 4.78 is 33.4. The Morgan fingerprint density at radius 2 is 2.18 bits per heavy atom. The van der Waals surface area contributed by atoms with E-state index < -0.39 is 12.5 Å². The molecule has 0 bridgehead atoms. The van der Waals surface area contributed by atoms with Crippen molar-refractivity contribution in [2.75, 3.05) is 17.6 Å². The summed E-state index contributed by atoms with van der Waals surface area (Å²) in [5.74, 6) is 0.546. The minimum absolute atomic E-state index is 0.103. The predicted molar refractivity (Wildman–Crippen MR) is 62.8 cm³/mol. The zero-order chi connectivity index (χ0) is 13.0. The molecule has 0 aliphatic rings. The zero-order valence-electron chi connectivity index (χ0n) is 9.48. The quantitative estimate of drug-likeness (QED) is 0.728. The molecule has 1 aromatic heterocycles. The standard InChI is InChI=1S/C9H15F2N3O2S/c1-4(2)16-6-8(12)14-17-9(6)13-3-5(15)7(10)11/h4-5,7,13,15H,3H2,1-2H3,(H2,12,14). The molecule has 0 saturated heterocycles. The second-order valence-corrected chi connectivity index (χ2v) is 4.45. The molecular formula is C9H15F2N3O2S. The van der Waals surface area contributed by atoms with Gasteiger partial charge in [0.05, 0.1) is 6.10 Å². The molecule has 0 fully saturated rings. The van der Waals surface area contributed by atoms with Gasteiger partial charge in [-0.15, -0.1) is 0 Å². The molecule has 0 spiro atoms. The van der Waals surface area contributed by atoms with Crippen molar-refractivity contribution in [1.82, 2.24) is 4.37 Å². The predicted octanol–water partition coefficient (Wildman–Crippen LogP) is 1.55. The summed E-state index contributed by atoms with van der Waals surface area (Å²) in [6.45, 7) is 3.34. The number of alkyl halides is 2. The molecule has 1 unspecified atom stereocenters. The number of nitrogen functional groups attached to an aromatic ring is 1. The summed E-state index contributed by atoms with van der Waals surface area (Å²) in [5.41, 5.74) is 5.58. The number of aromatic nitrogens is 1. The van der Waals surface area contributed by atoms with Crippen LogP contribution in [0.3, 0.4) is 0 Å². The molecule has 1 aromatic rings. The van der Waals surface area contributed by atoms with Crippen LogP contribution in [0.1, 0.15) is 13.8 Å². The van der Waals surface area contributed by atoms with Crippen molar-refractivity contribution in [1.29, 1.82) is 0 Å². The SMILES string of the molecule is CC(C)Oc1c(N)nsc1NCC(O)C(F)F. The van der Waals surface area contributed by atoms with Crippen LogP contribution in [0.5, 0.6) is 5.75 Å². The van der Waals surface area contributed by atoms with E-state index in [1.54, 1.807) is 0 Å². The van der Waals surface area contributed by atoms with E-state index in [-0.39, 0.29) is 18.5 Å². The Hall–Kier alpha value is -1.15. The molecular weight excluding hydrogens is 252 g/mol. The van der Waals surface area contributed by atoms with Crippen molar-refractivity contribution in [2.45, 2.75) is 32.5 Å². The first-order valence-corrected chi connectivity index (χ1v) is 5.81. The van der Waals surface area contributed by atoms with E-state index in [9.17, 15) is 8.78 Å². The molecule has 1 heterocycles. The number of aliphatic hydroxyl groups excluding tert-OH is 1. The minimum atomic E-state index is -2.79. The first-order valence-electron chi connectivity index (χ1n) is 5.03. The number of aliphatic hydroxyl groups is 1. The minimum Gasteiger partial charge on any atom is -0.484 e. The average Bonchev–Trinajstić information content (AvgIpc) is 2.56. The van der Waals surface area contributed by atoms with Crippen LogP contribution >= 0.6 is 11.5 Å². The maximum absolute atomic E-state index is 12.1. The Morgan fingerprint density at radius 3 is 2.71 bits per heavy atom. The molecule has 0 radical (unpaired) electrons. The van der Waals surface area contributed by atoms with Crippen molar-refractivity contribution in [3.05, 3.63) is 0 Å². The van der Waals surface area contributed by atoms with Crippen LogP contribution in [0, 0.1) is 0 Å². The Balaban J connectivity index is 2.64. The lowest BCUT2D eigenvalue weighted by molar-refractivity contribution is 0.00385. The number of rotatable bonds is 6. The molecule has 5 nitrogen and oxygen atoms in total. The number of hydrogen-bond donors (Lipinski definition) is 3.